The van der Waals surface area contributed by atoms with Crippen LogP contribution in [0, 0.1) is 0 Å². The molecule has 0 radical (unpaired) electrons. The van der Waals surface area contributed by atoms with Crippen molar-refractivity contribution in [2.45, 2.75) is 43.4 Å². The first-order chi connectivity index (χ1) is 11.7. The van der Waals surface area contributed by atoms with Crippen molar-refractivity contribution in [3.05, 3.63) is 46.0 Å². The number of aromatic amines is 1. The molecule has 1 atom stereocenters. The highest BCUT2D eigenvalue weighted by molar-refractivity contribution is 8.00. The predicted octanol–water partition coefficient (Wildman–Crippen LogP) is 2.85. The number of carbonyl (C=O) groups is 1. The summed E-state index contributed by atoms with van der Waals surface area (Å²) in [5.41, 5.74) is 1.55. The van der Waals surface area contributed by atoms with Crippen LogP contribution in [0.5, 0.6) is 0 Å². The smallest absolute Gasteiger partial charge is 0.270 e. The number of carbonyl (C=O) groups excluding carboxylic acids is 1. The van der Waals surface area contributed by atoms with Gasteiger partial charge in [-0.2, -0.15) is 0 Å². The lowest BCUT2D eigenvalue weighted by atomic mass is 9.95. The van der Waals surface area contributed by atoms with Crippen molar-refractivity contribution in [1.82, 2.24) is 14.8 Å². The highest BCUT2D eigenvalue weighted by atomic mass is 32.2. The van der Waals surface area contributed by atoms with Gasteiger partial charge in [0, 0.05) is 12.4 Å². The van der Waals surface area contributed by atoms with Crippen molar-refractivity contribution in [3.8, 4) is 0 Å². The van der Waals surface area contributed by atoms with Gasteiger partial charge in [-0.15, -0.1) is 11.8 Å². The van der Waals surface area contributed by atoms with E-state index in [1.54, 1.807) is 12.4 Å². The maximum atomic E-state index is 12.7. The largest absolute Gasteiger partial charge is 0.310 e. The van der Waals surface area contributed by atoms with Crippen LogP contribution in [-0.4, -0.2) is 26.4 Å². The molecule has 2 aliphatic rings. The summed E-state index contributed by atoms with van der Waals surface area (Å²) in [6.07, 6.45) is 9.10. The number of amides is 1. The first kappa shape index (κ1) is 15.5. The molecule has 126 valence electrons. The first-order valence-electron chi connectivity index (χ1n) is 8.40. The van der Waals surface area contributed by atoms with E-state index in [4.69, 9.17) is 0 Å². The molecule has 24 heavy (non-hydrogen) atoms. The van der Waals surface area contributed by atoms with Crippen LogP contribution < -0.4 is 10.9 Å². The molecule has 2 N–H and O–H groups in total. The van der Waals surface area contributed by atoms with Crippen LogP contribution >= 0.6 is 11.8 Å². The number of fused-ring (bicyclic) bond motifs is 1. The molecule has 1 aliphatic heterocycles. The van der Waals surface area contributed by atoms with Gasteiger partial charge in [0.1, 0.15) is 5.82 Å². The zero-order valence-corrected chi connectivity index (χ0v) is 14.1. The fourth-order valence-electron chi connectivity index (χ4n) is 3.66. The topological polar surface area (TPSA) is 79.8 Å². The number of aromatic nitrogens is 3. The van der Waals surface area contributed by atoms with Crippen molar-refractivity contribution in [3.63, 3.8) is 0 Å². The average Bonchev–Trinajstić information content (AvgIpc) is 2.83. The lowest BCUT2D eigenvalue weighted by Gasteiger charge is -2.24. The summed E-state index contributed by atoms with van der Waals surface area (Å²) in [6.45, 7) is 0. The molecule has 4 rings (SSSR count). The Hall–Kier alpha value is -2.02. The Balaban J connectivity index is 1.82. The highest BCUT2D eigenvalue weighted by Gasteiger charge is 2.32. The van der Waals surface area contributed by atoms with Crippen LogP contribution in [0.15, 0.2) is 29.3 Å². The van der Waals surface area contributed by atoms with E-state index >= 15 is 0 Å². The van der Waals surface area contributed by atoms with E-state index in [2.05, 4.69) is 15.4 Å². The summed E-state index contributed by atoms with van der Waals surface area (Å²) in [6, 6.07) is 4.08. The van der Waals surface area contributed by atoms with Crippen molar-refractivity contribution in [1.29, 1.82) is 0 Å². The number of nitrogens with one attached hydrogen (secondary N) is 2. The quantitative estimate of drug-likeness (QED) is 0.878. The van der Waals surface area contributed by atoms with Gasteiger partial charge in [0.05, 0.1) is 22.6 Å². The molecular weight excluding hydrogens is 324 g/mol. The van der Waals surface area contributed by atoms with Gasteiger partial charge in [-0.05, 0) is 30.5 Å². The molecule has 1 amide bonds. The third kappa shape index (κ3) is 2.77. The number of pyridine rings is 1. The summed E-state index contributed by atoms with van der Waals surface area (Å²) >= 11 is 1.49. The first-order valence-corrected chi connectivity index (χ1v) is 9.44. The number of thioether (sulfide) groups is 1. The fraction of sp³-hybridized carbons (Fsp3) is 0.471. The number of hydrogen-bond acceptors (Lipinski definition) is 4. The van der Waals surface area contributed by atoms with Crippen LogP contribution in [0.3, 0.4) is 0 Å². The number of nitrogens with zero attached hydrogens (tertiary/aromatic N) is 2. The molecule has 0 spiro atoms. The van der Waals surface area contributed by atoms with Gasteiger partial charge in [-0.25, -0.2) is 0 Å². The van der Waals surface area contributed by atoms with Gasteiger partial charge in [-0.1, -0.05) is 19.3 Å². The van der Waals surface area contributed by atoms with E-state index in [9.17, 15) is 9.59 Å². The summed E-state index contributed by atoms with van der Waals surface area (Å²) < 4.78 is 1.91. The van der Waals surface area contributed by atoms with Gasteiger partial charge >= 0.3 is 0 Å². The molecule has 6 nitrogen and oxygen atoms in total. The fourth-order valence-corrected chi connectivity index (χ4v) is 4.78. The van der Waals surface area contributed by atoms with E-state index in [0.29, 0.717) is 17.1 Å². The second kappa shape index (κ2) is 6.47. The second-order valence-electron chi connectivity index (χ2n) is 6.38. The molecule has 2 aromatic heterocycles. The second-order valence-corrected chi connectivity index (χ2v) is 7.48. The Kier molecular flexibility index (Phi) is 4.18. The van der Waals surface area contributed by atoms with E-state index in [-0.39, 0.29) is 22.8 Å². The molecule has 1 aliphatic carbocycles. The van der Waals surface area contributed by atoms with Crippen LogP contribution in [0.1, 0.15) is 54.5 Å². The number of H-pyrrole nitrogens is 1. The maximum Gasteiger partial charge on any atom is 0.270 e. The summed E-state index contributed by atoms with van der Waals surface area (Å²) in [5, 5.41) is 5.80. The number of anilines is 1. The van der Waals surface area contributed by atoms with Crippen molar-refractivity contribution in [2.24, 2.45) is 0 Å². The molecule has 2 aromatic rings. The van der Waals surface area contributed by atoms with E-state index in [1.165, 1.54) is 18.2 Å². The predicted molar refractivity (Wildman–Crippen MR) is 94.3 cm³/mol. The van der Waals surface area contributed by atoms with E-state index in [0.717, 1.165) is 31.2 Å². The summed E-state index contributed by atoms with van der Waals surface area (Å²) in [7, 11) is 0. The van der Waals surface area contributed by atoms with E-state index in [1.807, 2.05) is 16.8 Å². The molecule has 1 saturated carbocycles. The molecule has 0 bridgehead atoms. The van der Waals surface area contributed by atoms with Crippen molar-refractivity contribution in [2.75, 3.05) is 11.1 Å². The zero-order chi connectivity index (χ0) is 16.5. The average molecular weight is 344 g/mol. The molecule has 0 aromatic carbocycles. The Bertz CT molecular complexity index is 793. The van der Waals surface area contributed by atoms with Gasteiger partial charge in [0.15, 0.2) is 0 Å². The maximum absolute atomic E-state index is 12.7. The van der Waals surface area contributed by atoms with Crippen LogP contribution in [0.4, 0.5) is 5.82 Å². The van der Waals surface area contributed by atoms with Crippen LogP contribution in [0.25, 0.3) is 0 Å². The third-order valence-corrected chi connectivity index (χ3v) is 6.08. The normalized spacial score (nSPS) is 21.8. The molecule has 7 heteroatoms. The minimum absolute atomic E-state index is 0.0543. The van der Waals surface area contributed by atoms with Gasteiger partial charge in [0.25, 0.3) is 5.56 Å². The lowest BCUT2D eigenvalue weighted by Crippen LogP contribution is -2.21. The summed E-state index contributed by atoms with van der Waals surface area (Å²) in [4.78, 5) is 29.0. The third-order valence-electron chi connectivity index (χ3n) is 4.81. The molecule has 3 heterocycles. The Morgan fingerprint density at radius 3 is 2.62 bits per heavy atom. The Labute approximate surface area is 144 Å². The minimum Gasteiger partial charge on any atom is -0.310 e. The standard InChI is InChI=1S/C17H20N4O2S/c22-13-10-24-15(11-6-8-18-9-7-11)14-16(19-13)21(20-17(14)23)12-4-2-1-3-5-12/h6-9,12,15H,1-5,10H2,(H,19,22)(H,20,23)/t15-/m1/s1. The van der Waals surface area contributed by atoms with Crippen molar-refractivity contribution >= 4 is 23.5 Å². The summed E-state index contributed by atoms with van der Waals surface area (Å²) in [5.74, 6) is 0.941. The zero-order valence-electron chi connectivity index (χ0n) is 13.3. The van der Waals surface area contributed by atoms with E-state index < -0.39 is 0 Å². The monoisotopic (exact) mass is 344 g/mol. The Morgan fingerprint density at radius 1 is 1.12 bits per heavy atom. The van der Waals surface area contributed by atoms with Gasteiger partial charge < -0.3 is 5.32 Å². The SMILES string of the molecule is O=C1CS[C@H](c2ccncc2)c2c(n(C3CCCCC3)[nH]c2=O)N1. The van der Waals surface area contributed by atoms with Gasteiger partial charge in [-0.3, -0.25) is 24.4 Å². The van der Waals surface area contributed by atoms with Crippen molar-refractivity contribution < 1.29 is 4.79 Å². The number of hydrogen-bond donors (Lipinski definition) is 2. The van der Waals surface area contributed by atoms with Crippen LogP contribution in [0.2, 0.25) is 0 Å². The lowest BCUT2D eigenvalue weighted by molar-refractivity contribution is -0.113. The van der Waals surface area contributed by atoms with Gasteiger partial charge in [0.2, 0.25) is 5.91 Å². The van der Waals surface area contributed by atoms with Crippen LogP contribution in [-0.2, 0) is 4.79 Å². The number of rotatable bonds is 2. The molecule has 0 unspecified atom stereocenters. The Morgan fingerprint density at radius 2 is 1.88 bits per heavy atom. The minimum atomic E-state index is -0.157. The molecular formula is C17H20N4O2S. The molecule has 1 fully saturated rings. The molecule has 0 saturated heterocycles. The highest BCUT2D eigenvalue weighted by Crippen LogP contribution is 2.41.